The topological polar surface area (TPSA) is 20.2 Å². The molecule has 0 saturated heterocycles. The highest BCUT2D eigenvalue weighted by Crippen LogP contribution is 2.25. The predicted octanol–water partition coefficient (Wildman–Crippen LogP) is 4.01. The van der Waals surface area contributed by atoms with Gasteiger partial charge in [-0.05, 0) is 23.6 Å². The molecular weight excluding hydrogens is 220 g/mol. The van der Waals surface area contributed by atoms with Crippen LogP contribution in [-0.2, 0) is 0 Å². The van der Waals surface area contributed by atoms with Crippen LogP contribution in [0.15, 0.2) is 66.7 Å². The van der Waals surface area contributed by atoms with Crippen molar-refractivity contribution in [1.82, 2.24) is 0 Å². The summed E-state index contributed by atoms with van der Waals surface area (Å²) in [6.45, 7) is 5.98. The summed E-state index contributed by atoms with van der Waals surface area (Å²) >= 11 is 0. The summed E-state index contributed by atoms with van der Waals surface area (Å²) in [5, 5.41) is 9.38. The van der Waals surface area contributed by atoms with Gasteiger partial charge in [0.15, 0.2) is 0 Å². The zero-order valence-electron chi connectivity index (χ0n) is 10.6. The summed E-state index contributed by atoms with van der Waals surface area (Å²) in [5.74, 6) is 0.0369. The maximum Gasteiger partial charge on any atom is 0.0536 e. The Morgan fingerprint density at radius 2 is 1.56 bits per heavy atom. The Morgan fingerprint density at radius 1 is 1.00 bits per heavy atom. The van der Waals surface area contributed by atoms with Crippen LogP contribution >= 0.6 is 0 Å². The van der Waals surface area contributed by atoms with Crippen molar-refractivity contribution >= 4 is 0 Å². The molecule has 1 heteroatoms. The van der Waals surface area contributed by atoms with Gasteiger partial charge in [-0.25, -0.2) is 0 Å². The van der Waals surface area contributed by atoms with Crippen molar-refractivity contribution in [2.24, 2.45) is 0 Å². The van der Waals surface area contributed by atoms with Gasteiger partial charge in [0, 0.05) is 5.92 Å². The van der Waals surface area contributed by atoms with Crippen LogP contribution < -0.4 is 0 Å². The van der Waals surface area contributed by atoms with E-state index in [0.717, 1.165) is 11.1 Å². The average molecular weight is 238 g/mol. The van der Waals surface area contributed by atoms with Crippen molar-refractivity contribution in [2.75, 3.05) is 6.61 Å². The fourth-order valence-corrected chi connectivity index (χ4v) is 2.08. The number of aliphatic hydroxyl groups is 1. The number of aliphatic hydroxyl groups excluding tert-OH is 1. The third kappa shape index (κ3) is 2.69. The quantitative estimate of drug-likeness (QED) is 0.798. The first-order valence-electron chi connectivity index (χ1n) is 6.14. The molecule has 2 aromatic rings. The minimum absolute atomic E-state index is 0.0369. The minimum Gasteiger partial charge on any atom is -0.395 e. The number of hydrogen-bond acceptors (Lipinski definition) is 1. The summed E-state index contributed by atoms with van der Waals surface area (Å²) in [6.07, 6.45) is 0. The Morgan fingerprint density at radius 3 is 2.06 bits per heavy atom. The molecule has 1 atom stereocenters. The molecule has 0 aliphatic carbocycles. The molecule has 0 radical (unpaired) electrons. The molecule has 0 aliphatic heterocycles. The van der Waals surface area contributed by atoms with Crippen LogP contribution in [0.5, 0.6) is 0 Å². The van der Waals surface area contributed by atoms with Crippen LogP contribution in [0.4, 0.5) is 0 Å². The molecule has 1 unspecified atom stereocenters. The van der Waals surface area contributed by atoms with Crippen LogP contribution in [0.2, 0.25) is 0 Å². The van der Waals surface area contributed by atoms with E-state index in [1.54, 1.807) is 0 Å². The first kappa shape index (κ1) is 12.6. The third-order valence-corrected chi connectivity index (χ3v) is 3.20. The maximum atomic E-state index is 9.38. The number of rotatable bonds is 4. The Hall–Kier alpha value is -1.86. The molecule has 0 amide bonds. The van der Waals surface area contributed by atoms with E-state index in [2.05, 4.69) is 43.0 Å². The van der Waals surface area contributed by atoms with E-state index in [1.165, 1.54) is 11.1 Å². The Labute approximate surface area is 108 Å². The monoisotopic (exact) mass is 238 g/mol. The van der Waals surface area contributed by atoms with Crippen LogP contribution in [0, 0.1) is 0 Å². The molecule has 0 aliphatic rings. The van der Waals surface area contributed by atoms with Gasteiger partial charge in [0.05, 0.1) is 6.61 Å². The zero-order chi connectivity index (χ0) is 13.0. The van der Waals surface area contributed by atoms with Crippen molar-refractivity contribution in [1.29, 1.82) is 0 Å². The first-order chi connectivity index (χ1) is 8.72. The second-order valence-corrected chi connectivity index (χ2v) is 4.57. The summed E-state index contributed by atoms with van der Waals surface area (Å²) in [5.41, 5.74) is 4.51. The van der Waals surface area contributed by atoms with Gasteiger partial charge in [-0.2, -0.15) is 0 Å². The molecule has 2 rings (SSSR count). The van der Waals surface area contributed by atoms with Gasteiger partial charge in [0.2, 0.25) is 0 Å². The average Bonchev–Trinajstić information content (AvgIpc) is 2.41. The number of benzene rings is 2. The molecule has 0 heterocycles. The number of hydrogen-bond donors (Lipinski definition) is 1. The highest BCUT2D eigenvalue weighted by atomic mass is 16.3. The van der Waals surface area contributed by atoms with Crippen LogP contribution in [0.3, 0.4) is 0 Å². The molecule has 1 N–H and O–H groups in total. The Bertz CT molecular complexity index is 511. The largest absolute Gasteiger partial charge is 0.395 e. The minimum atomic E-state index is 0.0369. The molecule has 18 heavy (non-hydrogen) atoms. The van der Waals surface area contributed by atoms with E-state index in [0.29, 0.717) is 0 Å². The lowest BCUT2D eigenvalue weighted by Crippen LogP contribution is -2.04. The summed E-state index contributed by atoms with van der Waals surface area (Å²) in [6, 6.07) is 18.6. The van der Waals surface area contributed by atoms with E-state index in [9.17, 15) is 5.11 Å². The molecule has 1 nitrogen and oxygen atoms in total. The molecule has 0 saturated carbocycles. The van der Waals surface area contributed by atoms with E-state index < -0.39 is 0 Å². The molecule has 2 aromatic carbocycles. The summed E-state index contributed by atoms with van der Waals surface area (Å²) in [4.78, 5) is 0. The van der Waals surface area contributed by atoms with Gasteiger partial charge in [0.1, 0.15) is 0 Å². The Balaban J connectivity index is 2.28. The Kier molecular flexibility index (Phi) is 3.96. The smallest absolute Gasteiger partial charge is 0.0536 e. The standard InChI is InChI=1S/C17H18O/c1-13(2)17(12-18)16-10-8-15(9-11-16)14-6-4-3-5-7-14/h3-11,17-18H,1,12H2,2H3. The highest BCUT2D eigenvalue weighted by Gasteiger charge is 2.10. The van der Waals surface area contributed by atoms with Gasteiger partial charge in [-0.1, -0.05) is 66.7 Å². The van der Waals surface area contributed by atoms with Crippen molar-refractivity contribution < 1.29 is 5.11 Å². The third-order valence-electron chi connectivity index (χ3n) is 3.20. The molecular formula is C17H18O. The summed E-state index contributed by atoms with van der Waals surface area (Å²) in [7, 11) is 0. The molecule has 0 aromatic heterocycles. The van der Waals surface area contributed by atoms with Gasteiger partial charge >= 0.3 is 0 Å². The molecule has 0 bridgehead atoms. The van der Waals surface area contributed by atoms with E-state index in [1.807, 2.05) is 25.1 Å². The molecule has 0 fully saturated rings. The van der Waals surface area contributed by atoms with Gasteiger partial charge in [0.25, 0.3) is 0 Å². The van der Waals surface area contributed by atoms with Crippen molar-refractivity contribution in [2.45, 2.75) is 12.8 Å². The second kappa shape index (κ2) is 5.65. The van der Waals surface area contributed by atoms with E-state index in [-0.39, 0.29) is 12.5 Å². The van der Waals surface area contributed by atoms with Gasteiger partial charge in [-0.3, -0.25) is 0 Å². The lowest BCUT2D eigenvalue weighted by atomic mass is 9.92. The normalized spacial score (nSPS) is 12.1. The van der Waals surface area contributed by atoms with E-state index in [4.69, 9.17) is 0 Å². The van der Waals surface area contributed by atoms with E-state index >= 15 is 0 Å². The van der Waals surface area contributed by atoms with Crippen LogP contribution in [-0.4, -0.2) is 11.7 Å². The maximum absolute atomic E-state index is 9.38. The lowest BCUT2D eigenvalue weighted by molar-refractivity contribution is 0.279. The zero-order valence-corrected chi connectivity index (χ0v) is 10.6. The fraction of sp³-hybridized carbons (Fsp3) is 0.176. The van der Waals surface area contributed by atoms with Crippen LogP contribution in [0.1, 0.15) is 18.4 Å². The van der Waals surface area contributed by atoms with Gasteiger partial charge in [-0.15, -0.1) is 0 Å². The molecule has 92 valence electrons. The molecule has 0 spiro atoms. The summed E-state index contributed by atoms with van der Waals surface area (Å²) < 4.78 is 0. The van der Waals surface area contributed by atoms with Crippen molar-refractivity contribution in [3.8, 4) is 11.1 Å². The fourth-order valence-electron chi connectivity index (χ4n) is 2.08. The van der Waals surface area contributed by atoms with Crippen molar-refractivity contribution in [3.63, 3.8) is 0 Å². The predicted molar refractivity (Wildman–Crippen MR) is 76.5 cm³/mol. The van der Waals surface area contributed by atoms with Crippen molar-refractivity contribution in [3.05, 3.63) is 72.3 Å². The SMILES string of the molecule is C=C(C)C(CO)c1ccc(-c2ccccc2)cc1. The first-order valence-corrected chi connectivity index (χ1v) is 6.14. The highest BCUT2D eigenvalue weighted by molar-refractivity contribution is 5.63. The second-order valence-electron chi connectivity index (χ2n) is 4.57. The lowest BCUT2D eigenvalue weighted by Gasteiger charge is -2.15. The van der Waals surface area contributed by atoms with Crippen LogP contribution in [0.25, 0.3) is 11.1 Å². The van der Waals surface area contributed by atoms with Gasteiger partial charge < -0.3 is 5.11 Å².